The van der Waals surface area contributed by atoms with E-state index >= 15 is 0 Å². The van der Waals surface area contributed by atoms with Gasteiger partial charge in [0, 0.05) is 62.9 Å². The second-order valence-electron chi connectivity index (χ2n) is 6.89. The van der Waals surface area contributed by atoms with Crippen LogP contribution in [0.1, 0.15) is 18.9 Å². The monoisotopic (exact) mass is 338 g/mol. The van der Waals surface area contributed by atoms with Crippen molar-refractivity contribution < 1.29 is 9.90 Å². The summed E-state index contributed by atoms with van der Waals surface area (Å²) >= 11 is 1.71. The van der Waals surface area contributed by atoms with Gasteiger partial charge in [-0.3, -0.25) is 19.5 Å². The van der Waals surface area contributed by atoms with Crippen molar-refractivity contribution in [2.75, 3.05) is 39.3 Å². The Morgan fingerprint density at radius 3 is 2.83 bits per heavy atom. The number of rotatable bonds is 4. The van der Waals surface area contributed by atoms with Gasteiger partial charge >= 0.3 is 5.97 Å². The highest BCUT2D eigenvalue weighted by Crippen LogP contribution is 2.21. The minimum atomic E-state index is -0.665. The van der Waals surface area contributed by atoms with Crippen LogP contribution in [0.25, 0.3) is 0 Å². The van der Waals surface area contributed by atoms with Crippen LogP contribution in [0.5, 0.6) is 0 Å². The molecule has 2 saturated heterocycles. The molecule has 128 valence electrons. The highest BCUT2D eigenvalue weighted by atomic mass is 32.1. The van der Waals surface area contributed by atoms with Crippen molar-refractivity contribution in [1.82, 2.24) is 19.7 Å². The Balaban J connectivity index is 1.68. The zero-order valence-corrected chi connectivity index (χ0v) is 14.7. The maximum absolute atomic E-state index is 11.6. The van der Waals surface area contributed by atoms with E-state index in [-0.39, 0.29) is 5.92 Å². The molecule has 1 aromatic heterocycles. The first-order chi connectivity index (χ1) is 11.0. The number of nitrogens with zero attached hydrogens (tertiary/aromatic N) is 4. The van der Waals surface area contributed by atoms with Gasteiger partial charge in [0.15, 0.2) is 0 Å². The third-order valence-corrected chi connectivity index (χ3v) is 5.73. The first kappa shape index (κ1) is 16.8. The molecule has 0 saturated carbocycles. The molecular formula is C16H26N4O2S. The van der Waals surface area contributed by atoms with Gasteiger partial charge in [0.2, 0.25) is 0 Å². The summed E-state index contributed by atoms with van der Waals surface area (Å²) in [6, 6.07) is 0.793. The van der Waals surface area contributed by atoms with Gasteiger partial charge in [0.25, 0.3) is 0 Å². The van der Waals surface area contributed by atoms with Crippen molar-refractivity contribution in [2.24, 2.45) is 5.92 Å². The zero-order chi connectivity index (χ0) is 16.4. The number of carbonyl (C=O) groups is 1. The number of hydrogen-bond acceptors (Lipinski definition) is 6. The molecule has 6 nitrogen and oxygen atoms in total. The number of piperazine rings is 1. The molecule has 0 radical (unpaired) electrons. The van der Waals surface area contributed by atoms with E-state index < -0.39 is 5.97 Å². The lowest BCUT2D eigenvalue weighted by molar-refractivity contribution is -0.142. The van der Waals surface area contributed by atoms with Crippen LogP contribution >= 0.6 is 11.3 Å². The summed E-state index contributed by atoms with van der Waals surface area (Å²) in [4.78, 5) is 23.1. The summed E-state index contributed by atoms with van der Waals surface area (Å²) in [6.45, 7) is 10.4. The molecule has 0 unspecified atom stereocenters. The second-order valence-corrected chi connectivity index (χ2v) is 7.87. The second kappa shape index (κ2) is 7.25. The topological polar surface area (TPSA) is 59.9 Å². The molecule has 2 atom stereocenters. The van der Waals surface area contributed by atoms with Crippen LogP contribution < -0.4 is 0 Å². The molecule has 2 aliphatic rings. The Morgan fingerprint density at radius 1 is 1.35 bits per heavy atom. The number of aromatic nitrogens is 1. The Bertz CT molecular complexity index is 522. The van der Waals surface area contributed by atoms with Gasteiger partial charge < -0.3 is 5.11 Å². The quantitative estimate of drug-likeness (QED) is 0.886. The summed E-state index contributed by atoms with van der Waals surface area (Å²) in [5.41, 5.74) is 0. The largest absolute Gasteiger partial charge is 0.481 e. The Labute approximate surface area is 141 Å². The highest BCUT2D eigenvalue weighted by Gasteiger charge is 2.36. The van der Waals surface area contributed by atoms with Crippen molar-refractivity contribution in [3.05, 3.63) is 16.6 Å². The number of aliphatic carboxylic acids is 1. The smallest absolute Gasteiger partial charge is 0.309 e. The molecule has 0 spiro atoms. The van der Waals surface area contributed by atoms with E-state index in [1.165, 1.54) is 0 Å². The van der Waals surface area contributed by atoms with Crippen molar-refractivity contribution in [1.29, 1.82) is 0 Å². The first-order valence-electron chi connectivity index (χ1n) is 8.34. The number of fused-ring (bicyclic) bond motifs is 1. The number of thiazole rings is 1. The number of hydrogen-bond donors (Lipinski definition) is 1. The fourth-order valence-corrected chi connectivity index (χ4v) is 4.24. The summed E-state index contributed by atoms with van der Waals surface area (Å²) in [5, 5.41) is 12.7. The SMILES string of the molecule is CC(C)N1C[C@H](C(=O)O)CN2CCN(Cc3nccs3)C[C@@H]2C1. The molecule has 0 amide bonds. The molecule has 2 fully saturated rings. The molecule has 0 bridgehead atoms. The Morgan fingerprint density at radius 2 is 2.17 bits per heavy atom. The first-order valence-corrected chi connectivity index (χ1v) is 9.22. The normalized spacial score (nSPS) is 27.8. The third-order valence-electron chi connectivity index (χ3n) is 4.97. The molecule has 1 N–H and O–H groups in total. The fraction of sp³-hybridized carbons (Fsp3) is 0.750. The van der Waals surface area contributed by atoms with Crippen LogP contribution in [0, 0.1) is 5.92 Å². The standard InChI is InChI=1S/C16H26N4O2S/c1-12(2)20-8-13(16(21)22)7-19-5-4-18(9-14(19)10-20)11-15-17-3-6-23-15/h3,6,12-14H,4-5,7-11H2,1-2H3,(H,21,22)/t13-,14-/m1/s1. The summed E-state index contributed by atoms with van der Waals surface area (Å²) in [6.07, 6.45) is 1.86. The van der Waals surface area contributed by atoms with Gasteiger partial charge in [-0.1, -0.05) is 0 Å². The predicted molar refractivity (Wildman–Crippen MR) is 90.6 cm³/mol. The van der Waals surface area contributed by atoms with Crippen LogP contribution in [0.4, 0.5) is 0 Å². The van der Waals surface area contributed by atoms with Crippen molar-refractivity contribution >= 4 is 17.3 Å². The lowest BCUT2D eigenvalue weighted by atomic mass is 10.1. The van der Waals surface area contributed by atoms with E-state index in [0.717, 1.165) is 37.7 Å². The van der Waals surface area contributed by atoms with E-state index in [1.807, 2.05) is 11.6 Å². The molecule has 3 heterocycles. The molecule has 3 rings (SSSR count). The molecule has 23 heavy (non-hydrogen) atoms. The van der Waals surface area contributed by atoms with Gasteiger partial charge in [-0.25, -0.2) is 4.98 Å². The average molecular weight is 338 g/mol. The minimum absolute atomic E-state index is 0.284. The van der Waals surface area contributed by atoms with Crippen molar-refractivity contribution in [2.45, 2.75) is 32.5 Å². The van der Waals surface area contributed by atoms with E-state index in [4.69, 9.17) is 0 Å². The Kier molecular flexibility index (Phi) is 5.31. The minimum Gasteiger partial charge on any atom is -0.481 e. The molecular weight excluding hydrogens is 312 g/mol. The van der Waals surface area contributed by atoms with Crippen LogP contribution in [0.15, 0.2) is 11.6 Å². The van der Waals surface area contributed by atoms with Crippen molar-refractivity contribution in [3.8, 4) is 0 Å². The van der Waals surface area contributed by atoms with Crippen molar-refractivity contribution in [3.63, 3.8) is 0 Å². The van der Waals surface area contributed by atoms with Crippen LogP contribution in [0.3, 0.4) is 0 Å². The summed E-state index contributed by atoms with van der Waals surface area (Å²) in [7, 11) is 0. The van der Waals surface area contributed by atoms with E-state index in [1.54, 1.807) is 11.3 Å². The lowest BCUT2D eigenvalue weighted by Crippen LogP contribution is -2.56. The maximum Gasteiger partial charge on any atom is 0.309 e. The lowest BCUT2D eigenvalue weighted by Gasteiger charge is -2.41. The van der Waals surface area contributed by atoms with Gasteiger partial charge in [0.1, 0.15) is 5.01 Å². The van der Waals surface area contributed by atoms with Gasteiger partial charge in [-0.2, -0.15) is 0 Å². The van der Waals surface area contributed by atoms with Crippen LogP contribution in [0.2, 0.25) is 0 Å². The van der Waals surface area contributed by atoms with Crippen LogP contribution in [-0.2, 0) is 11.3 Å². The maximum atomic E-state index is 11.6. The Hall–Kier alpha value is -1.02. The van der Waals surface area contributed by atoms with E-state index in [0.29, 0.717) is 25.2 Å². The molecule has 0 aromatic carbocycles. The van der Waals surface area contributed by atoms with Gasteiger partial charge in [-0.05, 0) is 13.8 Å². The molecule has 1 aromatic rings. The molecule has 2 aliphatic heterocycles. The summed E-state index contributed by atoms with van der Waals surface area (Å²) < 4.78 is 0. The number of carboxylic acid groups (broad SMARTS) is 1. The third kappa shape index (κ3) is 4.09. The highest BCUT2D eigenvalue weighted by molar-refractivity contribution is 7.09. The summed E-state index contributed by atoms with van der Waals surface area (Å²) in [5.74, 6) is -0.950. The predicted octanol–water partition coefficient (Wildman–Crippen LogP) is 1.05. The zero-order valence-electron chi connectivity index (χ0n) is 13.9. The number of carboxylic acids is 1. The molecule has 7 heteroatoms. The van der Waals surface area contributed by atoms with Crippen LogP contribution in [-0.4, -0.2) is 82.1 Å². The van der Waals surface area contributed by atoms with Gasteiger partial charge in [0.05, 0.1) is 12.5 Å². The average Bonchev–Trinajstić information content (AvgIpc) is 2.92. The molecule has 0 aliphatic carbocycles. The fourth-order valence-electron chi connectivity index (χ4n) is 3.58. The van der Waals surface area contributed by atoms with E-state index in [2.05, 4.69) is 33.5 Å². The van der Waals surface area contributed by atoms with Gasteiger partial charge in [-0.15, -0.1) is 11.3 Å². The van der Waals surface area contributed by atoms with E-state index in [9.17, 15) is 9.90 Å².